The van der Waals surface area contributed by atoms with Crippen LogP contribution in [0.3, 0.4) is 0 Å². The van der Waals surface area contributed by atoms with Crippen LogP contribution in [0.1, 0.15) is 38.3 Å². The summed E-state index contributed by atoms with van der Waals surface area (Å²) in [6.45, 7) is 8.30. The molecule has 0 aliphatic rings. The molecule has 0 amide bonds. The first-order valence-electron chi connectivity index (χ1n) is 4.73. The van der Waals surface area contributed by atoms with E-state index in [1.165, 1.54) is 11.1 Å². The van der Waals surface area contributed by atoms with Gasteiger partial charge in [0.1, 0.15) is 0 Å². The molecular formula is C12H19K. The smallest absolute Gasteiger partial charge is 0.189 e. The minimum absolute atomic E-state index is 0. The molecule has 1 heteroatoms. The van der Waals surface area contributed by atoms with Crippen LogP contribution in [0.25, 0.3) is 0 Å². The van der Waals surface area contributed by atoms with Gasteiger partial charge in [0.05, 0.1) is 0 Å². The van der Waals surface area contributed by atoms with Crippen LogP contribution in [0.2, 0.25) is 0 Å². The molecule has 13 heavy (non-hydrogen) atoms. The molecule has 68 valence electrons. The fraction of sp³-hybridized carbons (Fsp3) is 0.417. The van der Waals surface area contributed by atoms with Crippen LogP contribution in [-0.2, 0) is 0 Å². The van der Waals surface area contributed by atoms with Crippen molar-refractivity contribution < 1.29 is 51.4 Å². The van der Waals surface area contributed by atoms with Gasteiger partial charge in [-0.1, -0.05) is 40.2 Å². The van der Waals surface area contributed by atoms with E-state index in [1.807, 2.05) is 13.8 Å². The summed E-state index contributed by atoms with van der Waals surface area (Å²) >= 11 is 0. The molecule has 0 N–H and O–H groups in total. The van der Waals surface area contributed by atoms with Gasteiger partial charge in [-0.05, 0) is 0 Å². The molecule has 0 heterocycles. The van der Waals surface area contributed by atoms with Gasteiger partial charge in [-0.2, -0.15) is 23.6 Å². The third-order valence-corrected chi connectivity index (χ3v) is 1.61. The Hall–Kier alpha value is 0.726. The Labute approximate surface area is 126 Å². The zero-order valence-electron chi connectivity index (χ0n) is 9.59. The molecule has 0 atom stereocenters. The normalized spacial score (nSPS) is 7.69. The van der Waals surface area contributed by atoms with Crippen molar-refractivity contribution in [3.63, 3.8) is 0 Å². The molecular weight excluding hydrogens is 183 g/mol. The molecule has 0 unspecified atom stereocenters. The van der Waals surface area contributed by atoms with E-state index in [0.717, 1.165) is 6.42 Å². The Kier molecular flexibility index (Phi) is 13.4. The molecule has 0 saturated heterocycles. The first-order valence-corrected chi connectivity index (χ1v) is 4.73. The van der Waals surface area contributed by atoms with Crippen molar-refractivity contribution in [2.24, 2.45) is 0 Å². The monoisotopic (exact) mass is 202 g/mol. The van der Waals surface area contributed by atoms with Crippen LogP contribution in [0.15, 0.2) is 24.3 Å². The topological polar surface area (TPSA) is 0 Å². The summed E-state index contributed by atoms with van der Waals surface area (Å²) in [6, 6.07) is 8.44. The van der Waals surface area contributed by atoms with Gasteiger partial charge in [-0.15, -0.1) is 12.1 Å². The maximum atomic E-state index is 2.25. The van der Waals surface area contributed by atoms with E-state index >= 15 is 0 Å². The van der Waals surface area contributed by atoms with Crippen molar-refractivity contribution in [1.29, 1.82) is 0 Å². The molecule has 0 fully saturated rings. The fourth-order valence-corrected chi connectivity index (χ4v) is 1.04. The Balaban J connectivity index is 0. The number of hydrogen-bond donors (Lipinski definition) is 0. The average Bonchev–Trinajstić information content (AvgIpc) is 2.13. The van der Waals surface area contributed by atoms with Crippen LogP contribution in [-0.4, -0.2) is 0 Å². The average molecular weight is 202 g/mol. The maximum Gasteiger partial charge on any atom is 1.00 e. The minimum Gasteiger partial charge on any atom is -0.189 e. The Morgan fingerprint density at radius 3 is 2.15 bits per heavy atom. The first kappa shape index (κ1) is 16.2. The maximum absolute atomic E-state index is 2.25. The number of aryl methyl sites for hydroxylation is 1. The van der Waals surface area contributed by atoms with Crippen molar-refractivity contribution in [3.8, 4) is 0 Å². The van der Waals surface area contributed by atoms with Crippen LogP contribution >= 0.6 is 0 Å². The van der Waals surface area contributed by atoms with Gasteiger partial charge in [0.2, 0.25) is 0 Å². The molecule has 0 radical (unpaired) electrons. The summed E-state index contributed by atoms with van der Waals surface area (Å²) in [5.41, 5.74) is 2.73. The number of rotatable bonds is 2. The largest absolute Gasteiger partial charge is 1.00 e. The summed E-state index contributed by atoms with van der Waals surface area (Å²) < 4.78 is 0. The third kappa shape index (κ3) is 6.75. The molecule has 1 rings (SSSR count). The van der Waals surface area contributed by atoms with Gasteiger partial charge in [0.15, 0.2) is 0 Å². The predicted molar refractivity (Wildman–Crippen MR) is 56.2 cm³/mol. The SMILES string of the molecule is CC.CC[CH-]c1ccccc1C.[K+]. The quantitative estimate of drug-likeness (QED) is 0.495. The predicted octanol–water partition coefficient (Wildman–Crippen LogP) is 0.988. The standard InChI is InChI=1S/C10H13.C2H6.K/c1-3-6-10-8-5-4-7-9(10)2;1-2;/h4-8H,3H2,1-2H3;1-2H3;/q-1;;+1. The van der Waals surface area contributed by atoms with Crippen molar-refractivity contribution in [2.45, 2.75) is 34.1 Å². The van der Waals surface area contributed by atoms with Gasteiger partial charge in [-0.3, -0.25) is 0 Å². The molecule has 1 aromatic rings. The summed E-state index contributed by atoms with van der Waals surface area (Å²) in [6.07, 6.45) is 3.36. The summed E-state index contributed by atoms with van der Waals surface area (Å²) in [5, 5.41) is 0. The van der Waals surface area contributed by atoms with E-state index in [1.54, 1.807) is 0 Å². The van der Waals surface area contributed by atoms with Crippen molar-refractivity contribution >= 4 is 0 Å². The van der Waals surface area contributed by atoms with Crippen molar-refractivity contribution in [2.75, 3.05) is 0 Å². The molecule has 0 aromatic heterocycles. The van der Waals surface area contributed by atoms with Crippen LogP contribution in [0.5, 0.6) is 0 Å². The second-order valence-electron chi connectivity index (χ2n) is 2.47. The molecule has 0 saturated carbocycles. The Morgan fingerprint density at radius 2 is 1.69 bits per heavy atom. The van der Waals surface area contributed by atoms with E-state index in [9.17, 15) is 0 Å². The molecule has 0 aliphatic carbocycles. The van der Waals surface area contributed by atoms with E-state index in [2.05, 4.69) is 44.5 Å². The number of benzene rings is 1. The van der Waals surface area contributed by atoms with Gasteiger partial charge in [0.25, 0.3) is 0 Å². The van der Waals surface area contributed by atoms with E-state index < -0.39 is 0 Å². The van der Waals surface area contributed by atoms with Gasteiger partial charge in [0, 0.05) is 0 Å². The van der Waals surface area contributed by atoms with Gasteiger partial charge >= 0.3 is 51.4 Å². The summed E-state index contributed by atoms with van der Waals surface area (Å²) in [7, 11) is 0. The summed E-state index contributed by atoms with van der Waals surface area (Å²) in [4.78, 5) is 0. The molecule has 1 aromatic carbocycles. The van der Waals surface area contributed by atoms with Crippen LogP contribution < -0.4 is 51.4 Å². The zero-order chi connectivity index (χ0) is 9.40. The molecule has 0 aliphatic heterocycles. The van der Waals surface area contributed by atoms with E-state index in [-0.39, 0.29) is 51.4 Å². The summed E-state index contributed by atoms with van der Waals surface area (Å²) in [5.74, 6) is 0. The third-order valence-electron chi connectivity index (χ3n) is 1.61. The Morgan fingerprint density at radius 1 is 1.15 bits per heavy atom. The number of hydrogen-bond acceptors (Lipinski definition) is 0. The van der Waals surface area contributed by atoms with Crippen LogP contribution in [0, 0.1) is 13.3 Å². The molecule has 0 nitrogen and oxygen atoms in total. The Bertz CT molecular complexity index is 206. The first-order chi connectivity index (χ1) is 5.84. The van der Waals surface area contributed by atoms with Gasteiger partial charge in [-0.25, -0.2) is 0 Å². The van der Waals surface area contributed by atoms with Gasteiger partial charge < -0.3 is 0 Å². The fourth-order valence-electron chi connectivity index (χ4n) is 1.04. The van der Waals surface area contributed by atoms with Crippen LogP contribution in [0.4, 0.5) is 0 Å². The second kappa shape index (κ2) is 10.8. The molecule has 0 bridgehead atoms. The van der Waals surface area contributed by atoms with E-state index in [0.29, 0.717) is 0 Å². The minimum atomic E-state index is 0. The zero-order valence-corrected chi connectivity index (χ0v) is 12.7. The second-order valence-corrected chi connectivity index (χ2v) is 2.47. The van der Waals surface area contributed by atoms with Crippen molar-refractivity contribution in [1.82, 2.24) is 0 Å². The molecule has 0 spiro atoms. The van der Waals surface area contributed by atoms with E-state index in [4.69, 9.17) is 0 Å². The van der Waals surface area contributed by atoms with Crippen molar-refractivity contribution in [3.05, 3.63) is 41.8 Å².